The Balaban J connectivity index is 0.983. The first kappa shape index (κ1) is 60.5. The first-order valence-corrected chi connectivity index (χ1v) is 28.2. The number of ether oxygens (including phenoxy) is 9. The highest BCUT2D eigenvalue weighted by atomic mass is 16.8. The van der Waals surface area contributed by atoms with E-state index in [2.05, 4.69) is 54.5 Å². The maximum absolute atomic E-state index is 14.8. The normalized spacial score (nSPS) is 51.8. The van der Waals surface area contributed by atoms with E-state index in [9.17, 15) is 70.9 Å². The summed E-state index contributed by atoms with van der Waals surface area (Å²) in [6, 6.07) is 0. The van der Waals surface area contributed by atoms with Crippen LogP contribution >= 0.6 is 0 Å². The maximum atomic E-state index is 14.8. The Hall–Kier alpha value is -2.08. The summed E-state index contributed by atoms with van der Waals surface area (Å²) < 4.78 is 53.8. The largest absolute Gasteiger partial charge is 0.464 e. The summed E-state index contributed by atoms with van der Waals surface area (Å²) in [6.07, 6.45) is -23.8. The van der Waals surface area contributed by atoms with Crippen LogP contribution in [0.5, 0.6) is 0 Å². The van der Waals surface area contributed by atoms with E-state index >= 15 is 0 Å². The lowest BCUT2D eigenvalue weighted by molar-refractivity contribution is -0.385. The first-order chi connectivity index (χ1) is 36.5. The zero-order chi connectivity index (χ0) is 57.0. The molecule has 9 rings (SSSR count). The quantitative estimate of drug-likeness (QED) is 0.0645. The molecule has 446 valence electrons. The fourth-order valence-electron chi connectivity index (χ4n) is 16.4. The van der Waals surface area contributed by atoms with E-state index in [0.717, 1.165) is 32.1 Å². The molecule has 0 spiro atoms. The highest BCUT2D eigenvalue weighted by Gasteiger charge is 2.70. The third-order valence-corrected chi connectivity index (χ3v) is 21.3. The molecule has 4 aliphatic heterocycles. The van der Waals surface area contributed by atoms with E-state index in [-0.39, 0.29) is 46.0 Å². The summed E-state index contributed by atoms with van der Waals surface area (Å²) in [5.74, 6) is -1.49. The molecule has 23 nitrogen and oxygen atoms in total. The second-order valence-electron chi connectivity index (χ2n) is 26.3. The van der Waals surface area contributed by atoms with E-state index in [4.69, 9.17) is 42.6 Å². The minimum absolute atomic E-state index is 0.0516. The van der Waals surface area contributed by atoms with Gasteiger partial charge in [0.05, 0.1) is 37.9 Å². The first-order valence-electron chi connectivity index (χ1n) is 28.2. The number of carbonyl (C=O) groups is 2. The van der Waals surface area contributed by atoms with Crippen LogP contribution in [0.4, 0.5) is 0 Å². The number of hydrogen-bond acceptors (Lipinski definition) is 23. The van der Waals surface area contributed by atoms with Crippen molar-refractivity contribution in [3.8, 4) is 0 Å². The third kappa shape index (κ3) is 9.93. The second kappa shape index (κ2) is 22.2. The van der Waals surface area contributed by atoms with Crippen molar-refractivity contribution in [3.05, 3.63) is 11.6 Å². The molecule has 9 aliphatic rings. The molecule has 27 unspecified atom stereocenters. The molecule has 0 radical (unpaired) electrons. The molecule has 8 fully saturated rings. The minimum Gasteiger partial charge on any atom is -0.464 e. The fourth-order valence-corrected chi connectivity index (χ4v) is 16.4. The van der Waals surface area contributed by atoms with Crippen LogP contribution in [0, 0.1) is 50.2 Å². The van der Waals surface area contributed by atoms with Crippen LogP contribution in [0.3, 0.4) is 0 Å². The number of esters is 2. The Kier molecular flexibility index (Phi) is 17.2. The van der Waals surface area contributed by atoms with E-state index < -0.39 is 165 Å². The molecule has 23 heteroatoms. The Labute approximate surface area is 455 Å². The fraction of sp³-hybridized carbons (Fsp3) is 0.927. The molecular formula is C55H88O23. The number of allylic oxidation sites excluding steroid dienone is 2. The summed E-state index contributed by atoms with van der Waals surface area (Å²) in [6.45, 7) is 15.3. The molecule has 12 N–H and O–H groups in total. The Bertz CT molecular complexity index is 2180. The van der Waals surface area contributed by atoms with Gasteiger partial charge in [-0.15, -0.1) is 0 Å². The summed E-state index contributed by atoms with van der Waals surface area (Å²) in [7, 11) is 0. The lowest BCUT2D eigenvalue weighted by atomic mass is 9.33. The molecule has 5 aliphatic carbocycles. The van der Waals surface area contributed by atoms with Crippen LogP contribution < -0.4 is 0 Å². The third-order valence-electron chi connectivity index (χ3n) is 21.3. The van der Waals surface area contributed by atoms with Gasteiger partial charge in [-0.2, -0.15) is 0 Å². The van der Waals surface area contributed by atoms with Crippen molar-refractivity contribution in [2.24, 2.45) is 50.2 Å². The minimum atomic E-state index is -1.96. The molecule has 27 atom stereocenters. The lowest BCUT2D eigenvalue weighted by Crippen LogP contribution is -2.68. The van der Waals surface area contributed by atoms with Crippen molar-refractivity contribution in [2.75, 3.05) is 26.4 Å². The van der Waals surface area contributed by atoms with Crippen LogP contribution in [-0.4, -0.2) is 222 Å². The van der Waals surface area contributed by atoms with Crippen LogP contribution in [0.15, 0.2) is 11.6 Å². The van der Waals surface area contributed by atoms with E-state index in [1.807, 2.05) is 0 Å². The van der Waals surface area contributed by atoms with Gasteiger partial charge in [-0.3, -0.25) is 4.79 Å². The van der Waals surface area contributed by atoms with Gasteiger partial charge in [-0.05, 0) is 116 Å². The molecule has 78 heavy (non-hydrogen) atoms. The molecule has 0 aromatic heterocycles. The Morgan fingerprint density at radius 1 is 0.615 bits per heavy atom. The lowest BCUT2D eigenvalue weighted by Gasteiger charge is -2.71. The summed E-state index contributed by atoms with van der Waals surface area (Å²) in [4.78, 5) is 28.8. The molecule has 4 saturated carbocycles. The van der Waals surface area contributed by atoms with Crippen molar-refractivity contribution in [1.29, 1.82) is 0 Å². The van der Waals surface area contributed by atoms with Gasteiger partial charge in [0.1, 0.15) is 85.5 Å². The van der Waals surface area contributed by atoms with Gasteiger partial charge < -0.3 is 104 Å². The number of hydrogen-bond donors (Lipinski definition) is 12. The number of aliphatic hydroxyl groups is 12. The van der Waals surface area contributed by atoms with E-state index in [1.54, 1.807) is 6.92 Å². The molecule has 0 amide bonds. The summed E-state index contributed by atoms with van der Waals surface area (Å²) in [5.41, 5.74) is -1.23. The van der Waals surface area contributed by atoms with Gasteiger partial charge in [0.2, 0.25) is 6.29 Å². The van der Waals surface area contributed by atoms with Gasteiger partial charge in [0.15, 0.2) is 25.0 Å². The topological polar surface area (TPSA) is 360 Å². The standard InChI is InChI=1S/C55H88O23/c1-9-70-44(68)43-42(76-45-37(64)32(59)26(58)23-71-45)41(75-46-38(65)35(62)33(60)27(21-56)72-46)40(67)48(77-43)74-31-13-14-52(6)29(51(31,4)5)12-15-54(8)30(52)11-10-24-25-20-50(2,3)16-18-55(25,19-17-53(24,54)7)49(69)78-47-39(66)36(63)34(61)28(22-57)73-47/h10,25-43,45-48,56-67H,9,11-23H2,1-8H3. The molecule has 4 saturated heterocycles. The second-order valence-corrected chi connectivity index (χ2v) is 26.3. The van der Waals surface area contributed by atoms with E-state index in [0.29, 0.717) is 32.1 Å². The number of aliphatic hydroxyl groups excluding tert-OH is 12. The van der Waals surface area contributed by atoms with Gasteiger partial charge in [0.25, 0.3) is 0 Å². The number of carbonyl (C=O) groups excluding carboxylic acids is 2. The van der Waals surface area contributed by atoms with Crippen LogP contribution in [0.2, 0.25) is 0 Å². The molecule has 0 bridgehead atoms. The average molecular weight is 1120 g/mol. The molecule has 0 aromatic rings. The summed E-state index contributed by atoms with van der Waals surface area (Å²) in [5, 5.41) is 128. The van der Waals surface area contributed by atoms with Crippen molar-refractivity contribution in [1.82, 2.24) is 0 Å². The zero-order valence-electron chi connectivity index (χ0n) is 46.1. The van der Waals surface area contributed by atoms with Gasteiger partial charge in [0, 0.05) is 0 Å². The Morgan fingerprint density at radius 2 is 1.21 bits per heavy atom. The molecular weight excluding hydrogens is 1030 g/mol. The predicted molar refractivity (Wildman–Crippen MR) is 266 cm³/mol. The Morgan fingerprint density at radius 3 is 1.85 bits per heavy atom. The summed E-state index contributed by atoms with van der Waals surface area (Å²) >= 11 is 0. The van der Waals surface area contributed by atoms with Crippen molar-refractivity contribution >= 4 is 11.9 Å². The highest BCUT2D eigenvalue weighted by Crippen LogP contribution is 2.76. The highest BCUT2D eigenvalue weighted by molar-refractivity contribution is 5.79. The zero-order valence-corrected chi connectivity index (χ0v) is 46.1. The van der Waals surface area contributed by atoms with Gasteiger partial charge in [-0.25, -0.2) is 4.79 Å². The average Bonchev–Trinajstić information content (AvgIpc) is 3.37. The van der Waals surface area contributed by atoms with Gasteiger partial charge in [-0.1, -0.05) is 60.1 Å². The molecule has 4 heterocycles. The van der Waals surface area contributed by atoms with Crippen LogP contribution in [0.1, 0.15) is 120 Å². The van der Waals surface area contributed by atoms with Crippen LogP contribution in [-0.2, 0) is 52.2 Å². The SMILES string of the molecule is CCOC(=O)C1OC(OC2CCC3(C)C(CCC4(C)C3CC=C3C5CC(C)(C)CCC5(C(=O)OC5OC(CO)C(O)C(O)C5O)CCC34C)C2(C)C)C(O)C(OC2OC(CO)C(O)C(O)C2O)C1OC1OCC(O)C(O)C1O. The van der Waals surface area contributed by atoms with Crippen molar-refractivity contribution in [2.45, 2.75) is 242 Å². The maximum Gasteiger partial charge on any atom is 0.338 e. The predicted octanol–water partition coefficient (Wildman–Crippen LogP) is -0.825. The monoisotopic (exact) mass is 1120 g/mol. The number of fused-ring (bicyclic) bond motifs is 7. The number of rotatable bonds is 12. The van der Waals surface area contributed by atoms with Crippen LogP contribution in [0.25, 0.3) is 0 Å². The van der Waals surface area contributed by atoms with Gasteiger partial charge >= 0.3 is 11.9 Å². The van der Waals surface area contributed by atoms with Crippen molar-refractivity contribution < 1.29 is 113 Å². The molecule has 0 aromatic carbocycles. The van der Waals surface area contributed by atoms with Crippen molar-refractivity contribution in [3.63, 3.8) is 0 Å². The van der Waals surface area contributed by atoms with E-state index in [1.165, 1.54) is 5.57 Å². The smallest absolute Gasteiger partial charge is 0.338 e.